The molecular formula is C63H43N. The molecule has 0 N–H and O–H groups in total. The predicted octanol–water partition coefficient (Wildman–Crippen LogP) is 16.8. The van der Waals surface area contributed by atoms with Gasteiger partial charge in [-0.1, -0.05) is 212 Å². The van der Waals surface area contributed by atoms with Crippen LogP contribution in [-0.2, 0) is 5.41 Å². The number of rotatable bonds is 8. The lowest BCUT2D eigenvalue weighted by Gasteiger charge is -2.34. The van der Waals surface area contributed by atoms with E-state index in [9.17, 15) is 0 Å². The van der Waals surface area contributed by atoms with Crippen molar-refractivity contribution in [3.63, 3.8) is 0 Å². The summed E-state index contributed by atoms with van der Waals surface area (Å²) in [7, 11) is 0. The Labute approximate surface area is 374 Å². The van der Waals surface area contributed by atoms with Crippen LogP contribution in [0.4, 0.5) is 17.1 Å². The van der Waals surface area contributed by atoms with E-state index in [-0.39, 0.29) is 0 Å². The Hall–Kier alpha value is -8.26. The van der Waals surface area contributed by atoms with Crippen LogP contribution in [0.15, 0.2) is 261 Å². The van der Waals surface area contributed by atoms with Gasteiger partial charge in [-0.3, -0.25) is 0 Å². The van der Waals surface area contributed by atoms with Crippen LogP contribution >= 0.6 is 0 Å². The number of anilines is 3. The zero-order valence-corrected chi connectivity index (χ0v) is 35.3. The maximum Gasteiger partial charge on any atom is 0.0713 e. The lowest BCUT2D eigenvalue weighted by Crippen LogP contribution is -2.28. The third-order valence-electron chi connectivity index (χ3n) is 13.3. The molecule has 300 valence electrons. The van der Waals surface area contributed by atoms with Crippen molar-refractivity contribution in [1.29, 1.82) is 0 Å². The van der Waals surface area contributed by atoms with Crippen LogP contribution in [-0.4, -0.2) is 0 Å². The molecule has 0 fully saturated rings. The summed E-state index contributed by atoms with van der Waals surface area (Å²) in [5, 5.41) is 5.09. The number of hydrogen-bond donors (Lipinski definition) is 0. The van der Waals surface area contributed by atoms with Crippen molar-refractivity contribution in [3.8, 4) is 44.5 Å². The van der Waals surface area contributed by atoms with Crippen molar-refractivity contribution >= 4 is 38.6 Å². The van der Waals surface area contributed by atoms with Gasteiger partial charge in [-0.25, -0.2) is 0 Å². The van der Waals surface area contributed by atoms with Crippen molar-refractivity contribution in [2.45, 2.75) is 5.41 Å². The fourth-order valence-electron chi connectivity index (χ4n) is 10.4. The van der Waals surface area contributed by atoms with Gasteiger partial charge in [0.2, 0.25) is 0 Å². The highest BCUT2D eigenvalue weighted by atomic mass is 15.1. The summed E-state index contributed by atoms with van der Waals surface area (Å²) in [6, 6.07) is 95.6. The maximum atomic E-state index is 2.40. The molecule has 0 radical (unpaired) electrons. The second-order valence-corrected chi connectivity index (χ2v) is 16.8. The Kier molecular flexibility index (Phi) is 9.13. The van der Waals surface area contributed by atoms with Crippen molar-refractivity contribution < 1.29 is 0 Å². The molecule has 0 unspecified atom stereocenters. The first kappa shape index (κ1) is 37.5. The van der Waals surface area contributed by atoms with E-state index in [1.54, 1.807) is 0 Å². The molecule has 12 rings (SSSR count). The van der Waals surface area contributed by atoms with E-state index in [0.29, 0.717) is 0 Å². The first-order valence-corrected chi connectivity index (χ1v) is 22.2. The van der Waals surface area contributed by atoms with Crippen LogP contribution in [0.5, 0.6) is 0 Å². The fraction of sp³-hybridized carbons (Fsp3) is 0.0159. The highest BCUT2D eigenvalue weighted by Gasteiger charge is 2.46. The average molecular weight is 814 g/mol. The number of benzene rings is 11. The summed E-state index contributed by atoms with van der Waals surface area (Å²) in [4.78, 5) is 2.38. The van der Waals surface area contributed by atoms with E-state index in [0.717, 1.165) is 17.1 Å². The molecule has 1 aliphatic rings. The molecule has 1 nitrogen and oxygen atoms in total. The van der Waals surface area contributed by atoms with Gasteiger partial charge < -0.3 is 4.90 Å². The summed E-state index contributed by atoms with van der Waals surface area (Å²) in [6.45, 7) is 0. The Morgan fingerprint density at radius 3 is 1.41 bits per heavy atom. The molecule has 0 aliphatic heterocycles. The number of fused-ring (bicyclic) bond motifs is 6. The van der Waals surface area contributed by atoms with Gasteiger partial charge >= 0.3 is 0 Å². The van der Waals surface area contributed by atoms with Crippen molar-refractivity contribution in [2.24, 2.45) is 0 Å². The Balaban J connectivity index is 0.898. The topological polar surface area (TPSA) is 3.24 Å². The summed E-state index contributed by atoms with van der Waals surface area (Å²) < 4.78 is 0. The average Bonchev–Trinajstić information content (AvgIpc) is 3.68. The molecule has 0 spiro atoms. The Morgan fingerprint density at radius 1 is 0.250 bits per heavy atom. The lowest BCUT2D eigenvalue weighted by atomic mass is 9.68. The minimum atomic E-state index is -0.434. The Morgan fingerprint density at radius 2 is 0.734 bits per heavy atom. The summed E-state index contributed by atoms with van der Waals surface area (Å²) in [5.74, 6) is 0. The van der Waals surface area contributed by atoms with Gasteiger partial charge in [0, 0.05) is 17.1 Å². The van der Waals surface area contributed by atoms with Crippen LogP contribution in [0.2, 0.25) is 0 Å². The molecule has 11 aromatic rings. The van der Waals surface area contributed by atoms with E-state index in [2.05, 4.69) is 266 Å². The largest absolute Gasteiger partial charge is 0.310 e. The van der Waals surface area contributed by atoms with Gasteiger partial charge in [-0.05, 0) is 137 Å². The van der Waals surface area contributed by atoms with Crippen molar-refractivity contribution in [2.75, 3.05) is 4.90 Å². The van der Waals surface area contributed by atoms with Crippen LogP contribution < -0.4 is 4.90 Å². The minimum Gasteiger partial charge on any atom is -0.310 e. The van der Waals surface area contributed by atoms with Crippen LogP contribution in [0.1, 0.15) is 22.3 Å². The van der Waals surface area contributed by atoms with Crippen LogP contribution in [0.3, 0.4) is 0 Å². The SMILES string of the molecule is c1ccc(-c2cc3cc(-c4ccc(-c5ccc(N(c6ccccc6)c6ccc7c(c6)-c6ccccc6C7(c6ccccc6)c6ccccc6)cc5)cc4)ccc3c3ccccc23)cc1. The van der Waals surface area contributed by atoms with E-state index < -0.39 is 5.41 Å². The molecule has 0 aromatic heterocycles. The summed E-state index contributed by atoms with van der Waals surface area (Å²) >= 11 is 0. The zero-order chi connectivity index (χ0) is 42.5. The standard InChI is InChI=1S/C63H43N/c1-5-17-47(18-6-1)59-42-49-41-48(35-39-55(49)56-25-13-14-26-57(56)59)46-31-29-44(30-32-46)45-33-36-53(37-34-45)64(52-23-11-4-12-24-52)54-38-40-62-60(43-54)58-27-15-16-28-61(58)63(62,50-19-7-2-8-20-50)51-21-9-3-10-22-51/h1-43H. The molecule has 0 bridgehead atoms. The molecule has 11 aromatic carbocycles. The van der Waals surface area contributed by atoms with E-state index >= 15 is 0 Å². The van der Waals surface area contributed by atoms with Crippen LogP contribution in [0.25, 0.3) is 66.1 Å². The minimum absolute atomic E-state index is 0.434. The monoisotopic (exact) mass is 813 g/mol. The lowest BCUT2D eigenvalue weighted by molar-refractivity contribution is 0.768. The number of nitrogens with zero attached hydrogens (tertiary/aromatic N) is 1. The zero-order valence-electron chi connectivity index (χ0n) is 35.3. The Bertz CT molecular complexity index is 3410. The number of hydrogen-bond acceptors (Lipinski definition) is 1. The molecule has 1 aliphatic carbocycles. The third kappa shape index (κ3) is 6.16. The van der Waals surface area contributed by atoms with Gasteiger partial charge in [-0.15, -0.1) is 0 Å². The predicted molar refractivity (Wildman–Crippen MR) is 270 cm³/mol. The fourth-order valence-corrected chi connectivity index (χ4v) is 10.4. The molecule has 64 heavy (non-hydrogen) atoms. The molecular weight excluding hydrogens is 771 g/mol. The molecule has 1 heteroatoms. The smallest absolute Gasteiger partial charge is 0.0713 e. The van der Waals surface area contributed by atoms with Gasteiger partial charge in [-0.2, -0.15) is 0 Å². The molecule has 0 amide bonds. The van der Waals surface area contributed by atoms with Gasteiger partial charge in [0.15, 0.2) is 0 Å². The van der Waals surface area contributed by atoms with E-state index in [1.165, 1.54) is 88.3 Å². The van der Waals surface area contributed by atoms with Gasteiger partial charge in [0.1, 0.15) is 0 Å². The second-order valence-electron chi connectivity index (χ2n) is 16.8. The number of para-hydroxylation sites is 1. The normalized spacial score (nSPS) is 12.5. The summed E-state index contributed by atoms with van der Waals surface area (Å²) in [6.07, 6.45) is 0. The van der Waals surface area contributed by atoms with E-state index in [1.807, 2.05) is 0 Å². The molecule has 0 heterocycles. The van der Waals surface area contributed by atoms with E-state index in [4.69, 9.17) is 0 Å². The first-order chi connectivity index (χ1) is 31.7. The first-order valence-electron chi connectivity index (χ1n) is 22.2. The molecule has 0 saturated carbocycles. The highest BCUT2D eigenvalue weighted by Crippen LogP contribution is 2.57. The maximum absolute atomic E-state index is 2.40. The molecule has 0 saturated heterocycles. The second kappa shape index (κ2) is 15.6. The summed E-state index contributed by atoms with van der Waals surface area (Å²) in [5.41, 5.74) is 17.9. The quantitative estimate of drug-likeness (QED) is 0.138. The molecule has 0 atom stereocenters. The third-order valence-corrected chi connectivity index (χ3v) is 13.3. The van der Waals surface area contributed by atoms with Crippen molar-refractivity contribution in [1.82, 2.24) is 0 Å². The van der Waals surface area contributed by atoms with Crippen LogP contribution in [0, 0.1) is 0 Å². The van der Waals surface area contributed by atoms with Gasteiger partial charge in [0.05, 0.1) is 5.41 Å². The van der Waals surface area contributed by atoms with Gasteiger partial charge in [0.25, 0.3) is 0 Å². The van der Waals surface area contributed by atoms with Crippen molar-refractivity contribution in [3.05, 3.63) is 283 Å². The highest BCUT2D eigenvalue weighted by molar-refractivity contribution is 6.14.